The smallest absolute Gasteiger partial charge is 0.240 e. The molecule has 3 rings (SSSR count). The molecule has 2 aliphatic rings. The van der Waals surface area contributed by atoms with Gasteiger partial charge in [0.05, 0.1) is 12.6 Å². The van der Waals surface area contributed by atoms with Crippen LogP contribution in [0.4, 0.5) is 0 Å². The number of hydrogen-bond acceptors (Lipinski definition) is 3. The van der Waals surface area contributed by atoms with E-state index in [4.69, 9.17) is 4.74 Å². The zero-order valence-electron chi connectivity index (χ0n) is 12.7. The van der Waals surface area contributed by atoms with Gasteiger partial charge >= 0.3 is 0 Å². The molecule has 2 atom stereocenters. The van der Waals surface area contributed by atoms with Crippen molar-refractivity contribution >= 4 is 5.91 Å². The molecule has 1 amide bonds. The van der Waals surface area contributed by atoms with Gasteiger partial charge in [0.1, 0.15) is 0 Å². The van der Waals surface area contributed by atoms with E-state index in [0.29, 0.717) is 5.92 Å². The molecule has 4 nitrogen and oxygen atoms in total. The summed E-state index contributed by atoms with van der Waals surface area (Å²) in [6.07, 6.45) is 1.87. The summed E-state index contributed by atoms with van der Waals surface area (Å²) in [6.45, 7) is 6.08. The van der Waals surface area contributed by atoms with Gasteiger partial charge in [-0.05, 0) is 30.9 Å². The first-order valence-corrected chi connectivity index (χ1v) is 7.94. The lowest BCUT2D eigenvalue weighted by atomic mass is 9.95. The van der Waals surface area contributed by atoms with Crippen molar-refractivity contribution in [3.8, 4) is 0 Å². The number of benzene rings is 1. The molecular weight excluding hydrogens is 264 g/mol. The average Bonchev–Trinajstić information content (AvgIpc) is 3.04. The summed E-state index contributed by atoms with van der Waals surface area (Å²) in [5.74, 6) is 0.740. The number of ether oxygens (including phenoxy) is 1. The summed E-state index contributed by atoms with van der Waals surface area (Å²) in [4.78, 5) is 14.7. The Morgan fingerprint density at radius 1 is 1.38 bits per heavy atom. The van der Waals surface area contributed by atoms with Crippen molar-refractivity contribution in [2.45, 2.75) is 32.4 Å². The van der Waals surface area contributed by atoms with Crippen molar-refractivity contribution in [2.24, 2.45) is 5.92 Å². The first kappa shape index (κ1) is 14.5. The zero-order valence-corrected chi connectivity index (χ0v) is 12.7. The van der Waals surface area contributed by atoms with Gasteiger partial charge in [-0.15, -0.1) is 0 Å². The number of fused-ring (bicyclic) bond motifs is 1. The van der Waals surface area contributed by atoms with Crippen LogP contribution in [0.25, 0.3) is 0 Å². The molecule has 0 bridgehead atoms. The van der Waals surface area contributed by atoms with Crippen molar-refractivity contribution in [3.63, 3.8) is 0 Å². The van der Waals surface area contributed by atoms with Gasteiger partial charge in [-0.2, -0.15) is 0 Å². The fourth-order valence-electron chi connectivity index (χ4n) is 3.26. The molecule has 0 aromatic heterocycles. The lowest BCUT2D eigenvalue weighted by Gasteiger charge is -2.31. The Morgan fingerprint density at radius 2 is 2.19 bits per heavy atom. The third kappa shape index (κ3) is 3.27. The molecule has 1 fully saturated rings. The van der Waals surface area contributed by atoms with Crippen LogP contribution in [0, 0.1) is 5.92 Å². The summed E-state index contributed by atoms with van der Waals surface area (Å²) in [6, 6.07) is 8.30. The SMILES string of the molecule is CCN(CC1CCOC1)C(=O)C1Cc2ccccc2CN1. The molecule has 0 saturated carbocycles. The lowest BCUT2D eigenvalue weighted by molar-refractivity contribution is -0.134. The van der Waals surface area contributed by atoms with Crippen LogP contribution in [0.1, 0.15) is 24.5 Å². The van der Waals surface area contributed by atoms with Crippen molar-refractivity contribution in [1.82, 2.24) is 10.2 Å². The van der Waals surface area contributed by atoms with E-state index in [2.05, 4.69) is 36.5 Å². The molecule has 0 radical (unpaired) electrons. The molecule has 2 heterocycles. The fourth-order valence-corrected chi connectivity index (χ4v) is 3.26. The summed E-state index contributed by atoms with van der Waals surface area (Å²) >= 11 is 0. The molecule has 4 heteroatoms. The van der Waals surface area contributed by atoms with Crippen LogP contribution in [-0.2, 0) is 22.5 Å². The molecule has 0 aliphatic carbocycles. The van der Waals surface area contributed by atoms with Crippen LogP contribution in [0.3, 0.4) is 0 Å². The van der Waals surface area contributed by atoms with E-state index in [0.717, 1.165) is 45.7 Å². The third-order valence-electron chi connectivity index (χ3n) is 4.58. The minimum Gasteiger partial charge on any atom is -0.381 e. The molecule has 1 aromatic carbocycles. The number of amides is 1. The summed E-state index contributed by atoms with van der Waals surface area (Å²) in [5, 5.41) is 3.39. The van der Waals surface area contributed by atoms with Crippen molar-refractivity contribution < 1.29 is 9.53 Å². The lowest BCUT2D eigenvalue weighted by Crippen LogP contribution is -2.50. The van der Waals surface area contributed by atoms with E-state index in [1.54, 1.807) is 0 Å². The zero-order chi connectivity index (χ0) is 14.7. The van der Waals surface area contributed by atoms with Gasteiger partial charge in [0.15, 0.2) is 0 Å². The summed E-state index contributed by atoms with van der Waals surface area (Å²) in [7, 11) is 0. The van der Waals surface area contributed by atoms with Crippen molar-refractivity contribution in [2.75, 3.05) is 26.3 Å². The summed E-state index contributed by atoms with van der Waals surface area (Å²) in [5.41, 5.74) is 2.61. The van der Waals surface area contributed by atoms with E-state index < -0.39 is 0 Å². The highest BCUT2D eigenvalue weighted by molar-refractivity contribution is 5.82. The van der Waals surface area contributed by atoms with Gasteiger partial charge in [-0.25, -0.2) is 0 Å². The molecule has 21 heavy (non-hydrogen) atoms. The Morgan fingerprint density at radius 3 is 2.90 bits per heavy atom. The quantitative estimate of drug-likeness (QED) is 0.915. The van der Waals surface area contributed by atoms with Crippen LogP contribution in [-0.4, -0.2) is 43.2 Å². The number of hydrogen-bond donors (Lipinski definition) is 1. The van der Waals surface area contributed by atoms with Gasteiger partial charge in [0.25, 0.3) is 0 Å². The minimum absolute atomic E-state index is 0.0813. The second-order valence-corrected chi connectivity index (χ2v) is 6.01. The van der Waals surface area contributed by atoms with Crippen molar-refractivity contribution in [3.05, 3.63) is 35.4 Å². The topological polar surface area (TPSA) is 41.6 Å². The second-order valence-electron chi connectivity index (χ2n) is 6.01. The highest BCUT2D eigenvalue weighted by Gasteiger charge is 2.29. The Hall–Kier alpha value is -1.39. The number of nitrogens with zero attached hydrogens (tertiary/aromatic N) is 1. The van der Waals surface area contributed by atoms with Gasteiger partial charge in [0, 0.05) is 32.2 Å². The van der Waals surface area contributed by atoms with E-state index >= 15 is 0 Å². The number of carbonyl (C=O) groups excluding carboxylic acids is 1. The number of nitrogens with one attached hydrogen (secondary N) is 1. The Labute approximate surface area is 126 Å². The van der Waals surface area contributed by atoms with Gasteiger partial charge in [0.2, 0.25) is 5.91 Å². The highest BCUT2D eigenvalue weighted by Crippen LogP contribution is 2.19. The third-order valence-corrected chi connectivity index (χ3v) is 4.58. The Balaban J connectivity index is 1.64. The molecule has 0 spiro atoms. The van der Waals surface area contributed by atoms with E-state index in [1.165, 1.54) is 11.1 Å². The first-order chi connectivity index (χ1) is 10.3. The molecule has 1 saturated heterocycles. The van der Waals surface area contributed by atoms with Crippen LogP contribution in [0.2, 0.25) is 0 Å². The van der Waals surface area contributed by atoms with Gasteiger partial charge in [-0.1, -0.05) is 24.3 Å². The Bertz CT molecular complexity index is 497. The number of likely N-dealkylation sites (N-methyl/N-ethyl adjacent to an activating group) is 1. The van der Waals surface area contributed by atoms with Crippen molar-refractivity contribution in [1.29, 1.82) is 0 Å². The molecular formula is C17H24N2O2. The molecule has 1 N–H and O–H groups in total. The predicted octanol–water partition coefficient (Wildman–Crippen LogP) is 1.59. The molecule has 2 unspecified atom stereocenters. The average molecular weight is 288 g/mol. The van der Waals surface area contributed by atoms with Crippen LogP contribution < -0.4 is 5.32 Å². The second kappa shape index (κ2) is 6.58. The number of carbonyl (C=O) groups is 1. The van der Waals surface area contributed by atoms with Gasteiger partial charge < -0.3 is 15.0 Å². The standard InChI is InChI=1S/C17H24N2O2/c1-2-19(11-13-7-8-21-12-13)17(20)16-9-14-5-3-4-6-15(14)10-18-16/h3-6,13,16,18H,2,7-12H2,1H3. The maximum atomic E-state index is 12.7. The van der Waals surface area contributed by atoms with Gasteiger partial charge in [-0.3, -0.25) is 4.79 Å². The maximum absolute atomic E-state index is 12.7. The molecule has 2 aliphatic heterocycles. The predicted molar refractivity (Wildman–Crippen MR) is 82.0 cm³/mol. The maximum Gasteiger partial charge on any atom is 0.240 e. The van der Waals surface area contributed by atoms with E-state index in [-0.39, 0.29) is 11.9 Å². The fraction of sp³-hybridized carbons (Fsp3) is 0.588. The minimum atomic E-state index is -0.0813. The van der Waals surface area contributed by atoms with E-state index in [1.807, 2.05) is 4.90 Å². The molecule has 1 aromatic rings. The molecule has 114 valence electrons. The monoisotopic (exact) mass is 288 g/mol. The van der Waals surface area contributed by atoms with Crippen LogP contribution >= 0.6 is 0 Å². The normalized spacial score (nSPS) is 24.6. The number of rotatable bonds is 4. The first-order valence-electron chi connectivity index (χ1n) is 7.94. The van der Waals surface area contributed by atoms with Crippen LogP contribution in [0.5, 0.6) is 0 Å². The van der Waals surface area contributed by atoms with Crippen LogP contribution in [0.15, 0.2) is 24.3 Å². The summed E-state index contributed by atoms with van der Waals surface area (Å²) < 4.78 is 5.42. The Kier molecular flexibility index (Phi) is 4.56. The highest BCUT2D eigenvalue weighted by atomic mass is 16.5. The largest absolute Gasteiger partial charge is 0.381 e. The van der Waals surface area contributed by atoms with E-state index in [9.17, 15) is 4.79 Å².